The van der Waals surface area contributed by atoms with Gasteiger partial charge in [0.2, 0.25) is 0 Å². The lowest BCUT2D eigenvalue weighted by Crippen LogP contribution is -2.13. The Hall–Kier alpha value is -2.64. The van der Waals surface area contributed by atoms with Crippen molar-refractivity contribution in [2.24, 2.45) is 0 Å². The normalized spacial score (nSPS) is 12.0. The highest BCUT2D eigenvalue weighted by Gasteiger charge is 2.25. The van der Waals surface area contributed by atoms with E-state index in [4.69, 9.17) is 0 Å². The summed E-state index contributed by atoms with van der Waals surface area (Å²) >= 11 is 1.47. The van der Waals surface area contributed by atoms with Gasteiger partial charge in [-0.2, -0.15) is 5.10 Å². The van der Waals surface area contributed by atoms with E-state index in [0.717, 1.165) is 15.6 Å². The van der Waals surface area contributed by atoms with E-state index >= 15 is 0 Å². The van der Waals surface area contributed by atoms with Gasteiger partial charge in [-0.3, -0.25) is 9.40 Å². The van der Waals surface area contributed by atoms with E-state index in [0.29, 0.717) is 11.4 Å². The van der Waals surface area contributed by atoms with Gasteiger partial charge >= 0.3 is 0 Å². The first-order valence-corrected chi connectivity index (χ1v) is 11.0. The second-order valence-electron chi connectivity index (χ2n) is 6.53. The number of rotatable bonds is 5. The van der Waals surface area contributed by atoms with Crippen LogP contribution in [0.1, 0.15) is 19.9 Å². The lowest BCUT2D eigenvalue weighted by molar-refractivity contribution is 0.532. The zero-order valence-electron chi connectivity index (χ0n) is 15.0. The van der Waals surface area contributed by atoms with Gasteiger partial charge < -0.3 is 0 Å². The molecule has 2 heterocycles. The van der Waals surface area contributed by atoms with Crippen molar-refractivity contribution in [2.75, 3.05) is 4.72 Å². The summed E-state index contributed by atoms with van der Waals surface area (Å²) in [6, 6.07) is 17.1. The average molecular weight is 398 g/mol. The number of benzene rings is 2. The largest absolute Gasteiger partial charge is 0.279 e. The van der Waals surface area contributed by atoms with E-state index in [1.165, 1.54) is 11.3 Å². The number of hydrogen-bond donors (Lipinski definition) is 1. The third-order valence-electron chi connectivity index (χ3n) is 4.31. The molecule has 2 aromatic carbocycles. The van der Waals surface area contributed by atoms with Crippen LogP contribution in [0.3, 0.4) is 0 Å². The van der Waals surface area contributed by atoms with Crippen molar-refractivity contribution in [3.63, 3.8) is 0 Å². The number of thiophene rings is 1. The van der Waals surface area contributed by atoms with Crippen LogP contribution in [-0.4, -0.2) is 18.2 Å². The molecule has 0 saturated carbocycles. The number of aromatic nitrogens is 2. The van der Waals surface area contributed by atoms with Crippen molar-refractivity contribution in [1.82, 2.24) is 9.78 Å². The highest BCUT2D eigenvalue weighted by molar-refractivity contribution is 7.92. The molecule has 5 nitrogen and oxygen atoms in total. The molecule has 0 fully saturated rings. The standard InChI is InChI=1S/C20H19N3O2S2/c1-14(2)23-13-19(20(21-23)18-11-6-12-26-18)27(24,25)22-17-10-5-8-15-7-3-4-9-16(15)17/h3-14,22H,1-2H3. The molecule has 0 unspecified atom stereocenters. The van der Waals surface area contributed by atoms with Crippen LogP contribution in [0.25, 0.3) is 21.3 Å². The zero-order valence-corrected chi connectivity index (χ0v) is 16.6. The first kappa shape index (κ1) is 17.8. The Morgan fingerprint density at radius 3 is 2.56 bits per heavy atom. The van der Waals surface area contributed by atoms with E-state index in [9.17, 15) is 8.42 Å². The van der Waals surface area contributed by atoms with Gasteiger partial charge in [0.1, 0.15) is 10.6 Å². The molecule has 4 aromatic rings. The molecular formula is C20H19N3O2S2. The highest BCUT2D eigenvalue weighted by atomic mass is 32.2. The lowest BCUT2D eigenvalue weighted by Gasteiger charge is -2.10. The Kier molecular flexibility index (Phi) is 4.49. The van der Waals surface area contributed by atoms with Gasteiger partial charge in [0.15, 0.2) is 0 Å². The maximum atomic E-state index is 13.2. The number of nitrogens with zero attached hydrogens (tertiary/aromatic N) is 2. The Morgan fingerprint density at radius 2 is 1.81 bits per heavy atom. The maximum absolute atomic E-state index is 13.2. The summed E-state index contributed by atoms with van der Waals surface area (Å²) in [5.41, 5.74) is 1.04. The summed E-state index contributed by atoms with van der Waals surface area (Å²) in [6.45, 7) is 3.94. The molecule has 7 heteroatoms. The predicted octanol–water partition coefficient (Wildman–Crippen LogP) is 5.15. The second-order valence-corrected chi connectivity index (χ2v) is 9.12. The Balaban J connectivity index is 1.82. The van der Waals surface area contributed by atoms with Gasteiger partial charge in [-0.25, -0.2) is 8.42 Å². The molecule has 0 saturated heterocycles. The Bertz CT molecular complexity index is 1190. The van der Waals surface area contributed by atoms with E-state index in [2.05, 4.69) is 9.82 Å². The van der Waals surface area contributed by atoms with Gasteiger partial charge in [-0.05, 0) is 36.7 Å². The SMILES string of the molecule is CC(C)n1cc(S(=O)(=O)Nc2cccc3ccccc23)c(-c2cccs2)n1. The quantitative estimate of drug-likeness (QED) is 0.507. The fourth-order valence-electron chi connectivity index (χ4n) is 2.93. The lowest BCUT2D eigenvalue weighted by atomic mass is 10.1. The molecule has 0 aliphatic heterocycles. The molecule has 27 heavy (non-hydrogen) atoms. The van der Waals surface area contributed by atoms with Crippen molar-refractivity contribution in [2.45, 2.75) is 24.8 Å². The van der Waals surface area contributed by atoms with Crippen LogP contribution in [0.4, 0.5) is 5.69 Å². The van der Waals surface area contributed by atoms with Crippen molar-refractivity contribution in [3.8, 4) is 10.6 Å². The van der Waals surface area contributed by atoms with Gasteiger partial charge in [-0.15, -0.1) is 11.3 Å². The van der Waals surface area contributed by atoms with Crippen LogP contribution in [0, 0.1) is 0 Å². The predicted molar refractivity (Wildman–Crippen MR) is 111 cm³/mol. The second kappa shape index (κ2) is 6.83. The summed E-state index contributed by atoms with van der Waals surface area (Å²) in [5, 5.41) is 8.28. The first-order valence-electron chi connectivity index (χ1n) is 8.59. The number of fused-ring (bicyclic) bond motifs is 1. The van der Waals surface area contributed by atoms with Crippen LogP contribution >= 0.6 is 11.3 Å². The van der Waals surface area contributed by atoms with Crippen molar-refractivity contribution < 1.29 is 8.42 Å². The highest BCUT2D eigenvalue weighted by Crippen LogP contribution is 2.33. The molecule has 0 bridgehead atoms. The van der Waals surface area contributed by atoms with E-state index in [1.54, 1.807) is 16.9 Å². The Labute approximate surface area is 162 Å². The molecule has 1 N–H and O–H groups in total. The number of nitrogens with one attached hydrogen (secondary N) is 1. The minimum atomic E-state index is -3.80. The van der Waals surface area contributed by atoms with Gasteiger partial charge in [-0.1, -0.05) is 42.5 Å². The smallest absolute Gasteiger partial charge is 0.265 e. The van der Waals surface area contributed by atoms with Gasteiger partial charge in [0.25, 0.3) is 10.0 Å². The molecule has 4 rings (SSSR count). The summed E-state index contributed by atoms with van der Waals surface area (Å²) < 4.78 is 30.9. The van der Waals surface area contributed by atoms with Crippen LogP contribution in [0.15, 0.2) is 71.1 Å². The molecule has 138 valence electrons. The molecule has 0 atom stereocenters. The fourth-order valence-corrected chi connectivity index (χ4v) is 4.95. The first-order chi connectivity index (χ1) is 13.0. The minimum absolute atomic E-state index is 0.0604. The molecule has 0 aliphatic rings. The minimum Gasteiger partial charge on any atom is -0.279 e. The summed E-state index contributed by atoms with van der Waals surface area (Å²) in [7, 11) is -3.80. The van der Waals surface area contributed by atoms with Crippen LogP contribution in [-0.2, 0) is 10.0 Å². The van der Waals surface area contributed by atoms with Crippen LogP contribution < -0.4 is 4.72 Å². The van der Waals surface area contributed by atoms with Crippen LogP contribution in [0.5, 0.6) is 0 Å². The molecule has 0 spiro atoms. The molecular weight excluding hydrogens is 378 g/mol. The average Bonchev–Trinajstić information content (AvgIpc) is 3.31. The molecule has 2 aromatic heterocycles. The topological polar surface area (TPSA) is 64.0 Å². The summed E-state index contributed by atoms with van der Waals surface area (Å²) in [4.78, 5) is 1.01. The third-order valence-corrected chi connectivity index (χ3v) is 6.55. The fraction of sp³-hybridized carbons (Fsp3) is 0.150. The van der Waals surface area contributed by atoms with Crippen LogP contribution in [0.2, 0.25) is 0 Å². The van der Waals surface area contributed by atoms with Crippen molar-refractivity contribution in [1.29, 1.82) is 0 Å². The number of anilines is 1. The van der Waals surface area contributed by atoms with Gasteiger partial charge in [0.05, 0.1) is 10.6 Å². The molecule has 0 aliphatic carbocycles. The monoisotopic (exact) mass is 397 g/mol. The maximum Gasteiger partial charge on any atom is 0.265 e. The van der Waals surface area contributed by atoms with Crippen molar-refractivity contribution >= 4 is 37.8 Å². The number of hydrogen-bond acceptors (Lipinski definition) is 4. The summed E-state index contributed by atoms with van der Waals surface area (Å²) in [6.07, 6.45) is 1.60. The Morgan fingerprint density at radius 1 is 1.04 bits per heavy atom. The number of sulfonamides is 1. The molecule has 0 amide bonds. The zero-order chi connectivity index (χ0) is 19.0. The summed E-state index contributed by atoms with van der Waals surface area (Å²) in [5.74, 6) is 0. The third kappa shape index (κ3) is 3.36. The van der Waals surface area contributed by atoms with Crippen molar-refractivity contribution in [3.05, 3.63) is 66.2 Å². The van der Waals surface area contributed by atoms with E-state index in [1.807, 2.05) is 67.8 Å². The van der Waals surface area contributed by atoms with E-state index in [-0.39, 0.29) is 10.9 Å². The molecule has 0 radical (unpaired) electrons. The van der Waals surface area contributed by atoms with E-state index < -0.39 is 10.0 Å². The van der Waals surface area contributed by atoms with Gasteiger partial charge in [0, 0.05) is 17.6 Å².